The Bertz CT molecular complexity index is 1120. The highest BCUT2D eigenvalue weighted by Gasteiger charge is 2.17. The highest BCUT2D eigenvalue weighted by Crippen LogP contribution is 2.23. The summed E-state index contributed by atoms with van der Waals surface area (Å²) >= 11 is 0. The summed E-state index contributed by atoms with van der Waals surface area (Å²) in [5.74, 6) is -0.504. The molecule has 0 radical (unpaired) electrons. The maximum absolute atomic E-state index is 11.4. The monoisotopic (exact) mass is 469 g/mol. The number of halogens is 1. The van der Waals surface area contributed by atoms with Crippen molar-refractivity contribution in [3.8, 4) is 0 Å². The van der Waals surface area contributed by atoms with Gasteiger partial charge in [0.25, 0.3) is 11.8 Å². The number of imidazole rings is 2. The van der Waals surface area contributed by atoms with Gasteiger partial charge >= 0.3 is 0 Å². The lowest BCUT2D eigenvalue weighted by Crippen LogP contribution is -2.19. The minimum atomic E-state index is -0.593. The van der Waals surface area contributed by atoms with E-state index in [1.54, 1.807) is 6.20 Å². The van der Waals surface area contributed by atoms with E-state index in [0.717, 1.165) is 11.3 Å². The molecule has 12 heteroatoms. The normalized spacial score (nSPS) is 10.8. The van der Waals surface area contributed by atoms with Crippen molar-refractivity contribution < 1.29 is 9.59 Å². The first kappa shape index (κ1) is 24.9. The van der Waals surface area contributed by atoms with E-state index in [2.05, 4.69) is 42.4 Å². The molecule has 0 spiro atoms. The number of aromatic amines is 2. The molecule has 11 nitrogen and oxygen atoms in total. The molecule has 0 aliphatic rings. The van der Waals surface area contributed by atoms with E-state index in [-0.39, 0.29) is 35.5 Å². The number of H-pyrrole nitrogens is 2. The van der Waals surface area contributed by atoms with Crippen molar-refractivity contribution in [1.82, 2.24) is 24.9 Å². The molecule has 9 N–H and O–H groups in total. The number of nitrogens with two attached hydrogens (primary N) is 3. The molecule has 0 aliphatic heterocycles. The van der Waals surface area contributed by atoms with Crippen LogP contribution < -0.4 is 22.5 Å². The van der Waals surface area contributed by atoms with E-state index in [9.17, 15) is 9.59 Å². The molecular formula is C21H24ClN9O2. The number of rotatable bonds is 7. The van der Waals surface area contributed by atoms with Crippen molar-refractivity contribution in [2.24, 2.45) is 11.5 Å². The second-order valence-electron chi connectivity index (χ2n) is 6.62. The average Bonchev–Trinajstić information content (AvgIpc) is 3.45. The first-order valence-electron chi connectivity index (χ1n) is 9.59. The zero-order valence-electron chi connectivity index (χ0n) is 17.4. The van der Waals surface area contributed by atoms with Gasteiger partial charge in [-0.15, -0.1) is 12.4 Å². The van der Waals surface area contributed by atoms with Crippen LogP contribution in [0.2, 0.25) is 0 Å². The summed E-state index contributed by atoms with van der Waals surface area (Å²) in [5.41, 5.74) is 17.9. The van der Waals surface area contributed by atoms with Crippen LogP contribution in [-0.4, -0.2) is 43.3 Å². The molecule has 0 saturated carbocycles. The molecule has 1 aromatic carbocycles. The third-order valence-corrected chi connectivity index (χ3v) is 4.52. The first-order chi connectivity index (χ1) is 15.5. The standard InChI is InChI=1S/C17H17N5O.C4H6N4O.ClH/c18-16(23)15-17(22-11-21-15)20-10-13(12-6-2-1-3-7-12)14-8-4-5-9-19-14;5-3-2(4(6)9)7-1-8-3;/h1-9,11,13,20H,10H2,(H2,18,23)(H,21,22);1H,5H2,(H2,6,9)(H,7,8);1H. The molecule has 4 rings (SSSR count). The van der Waals surface area contributed by atoms with Gasteiger partial charge in [0.2, 0.25) is 0 Å². The number of nitrogen functional groups attached to an aromatic ring is 1. The van der Waals surface area contributed by atoms with Crippen LogP contribution in [0.15, 0.2) is 67.4 Å². The van der Waals surface area contributed by atoms with Crippen molar-refractivity contribution in [3.63, 3.8) is 0 Å². The van der Waals surface area contributed by atoms with Gasteiger partial charge in [0, 0.05) is 24.4 Å². The maximum atomic E-state index is 11.4. The van der Waals surface area contributed by atoms with Crippen molar-refractivity contribution in [2.75, 3.05) is 17.6 Å². The largest absolute Gasteiger partial charge is 0.382 e. The van der Waals surface area contributed by atoms with E-state index in [1.165, 1.54) is 12.7 Å². The molecule has 1 atom stereocenters. The molecule has 3 heterocycles. The fourth-order valence-corrected chi connectivity index (χ4v) is 2.98. The number of nitrogens with one attached hydrogen (secondary N) is 3. The number of anilines is 2. The van der Waals surface area contributed by atoms with Crippen LogP contribution in [0.3, 0.4) is 0 Å². The second-order valence-corrected chi connectivity index (χ2v) is 6.62. The summed E-state index contributed by atoms with van der Waals surface area (Å²) in [6.07, 6.45) is 4.53. The Morgan fingerprint density at radius 2 is 1.52 bits per heavy atom. The predicted molar refractivity (Wildman–Crippen MR) is 127 cm³/mol. The number of carbonyl (C=O) groups is 2. The number of benzene rings is 1. The number of nitrogens with zero attached hydrogens (tertiary/aromatic N) is 3. The van der Waals surface area contributed by atoms with E-state index >= 15 is 0 Å². The molecule has 2 amide bonds. The first-order valence-corrected chi connectivity index (χ1v) is 9.59. The number of hydrogen-bond acceptors (Lipinski definition) is 7. The van der Waals surface area contributed by atoms with Crippen molar-refractivity contribution in [1.29, 1.82) is 0 Å². The summed E-state index contributed by atoms with van der Waals surface area (Å²) < 4.78 is 0. The van der Waals surface area contributed by atoms with E-state index in [1.807, 2.05) is 36.4 Å². The van der Waals surface area contributed by atoms with Crippen LogP contribution in [0.4, 0.5) is 11.6 Å². The molecule has 0 bridgehead atoms. The van der Waals surface area contributed by atoms with E-state index in [4.69, 9.17) is 17.2 Å². The highest BCUT2D eigenvalue weighted by molar-refractivity contribution is 5.95. The smallest absolute Gasteiger partial charge is 0.269 e. The number of primary amides is 2. The Hall–Kier alpha value is -4.38. The van der Waals surface area contributed by atoms with Crippen molar-refractivity contribution in [3.05, 3.63) is 90.0 Å². The quantitative estimate of drug-likeness (QED) is 0.236. The van der Waals surface area contributed by atoms with E-state index in [0.29, 0.717) is 12.4 Å². The Balaban J connectivity index is 0.000000326. The lowest BCUT2D eigenvalue weighted by atomic mass is 9.95. The zero-order valence-corrected chi connectivity index (χ0v) is 18.3. The van der Waals surface area contributed by atoms with Gasteiger partial charge in [-0.1, -0.05) is 36.4 Å². The molecular weight excluding hydrogens is 446 g/mol. The average molecular weight is 470 g/mol. The summed E-state index contributed by atoms with van der Waals surface area (Å²) in [7, 11) is 0. The molecule has 33 heavy (non-hydrogen) atoms. The summed E-state index contributed by atoms with van der Waals surface area (Å²) in [4.78, 5) is 39.1. The molecule has 172 valence electrons. The van der Waals surface area contributed by atoms with Gasteiger partial charge in [-0.2, -0.15) is 0 Å². The van der Waals surface area contributed by atoms with Crippen LogP contribution >= 0.6 is 12.4 Å². The molecule has 3 aromatic heterocycles. The summed E-state index contributed by atoms with van der Waals surface area (Å²) in [5, 5.41) is 3.19. The zero-order chi connectivity index (χ0) is 22.9. The molecule has 0 fully saturated rings. The van der Waals surface area contributed by atoms with Crippen molar-refractivity contribution >= 4 is 35.9 Å². The van der Waals surface area contributed by atoms with E-state index < -0.39 is 11.8 Å². The molecule has 4 aromatic rings. The van der Waals surface area contributed by atoms with Gasteiger partial charge in [0.15, 0.2) is 11.6 Å². The fraction of sp³-hybridized carbons (Fsp3) is 0.0952. The maximum Gasteiger partial charge on any atom is 0.269 e. The third kappa shape index (κ3) is 6.55. The number of amides is 2. The minimum Gasteiger partial charge on any atom is -0.382 e. The molecule has 0 aliphatic carbocycles. The van der Waals surface area contributed by atoms with Crippen molar-refractivity contribution in [2.45, 2.75) is 5.92 Å². The van der Waals surface area contributed by atoms with Gasteiger partial charge in [0.05, 0.1) is 12.7 Å². The highest BCUT2D eigenvalue weighted by atomic mass is 35.5. The van der Waals surface area contributed by atoms with Gasteiger partial charge in [0.1, 0.15) is 11.4 Å². The Kier molecular flexibility index (Phi) is 8.95. The third-order valence-electron chi connectivity index (χ3n) is 4.52. The minimum absolute atomic E-state index is 0. The SMILES string of the molecule is Cl.NC(=O)c1[nH]cnc1N.NC(=O)c1[nH]cnc1NCC(c1ccccc1)c1ccccn1. The Morgan fingerprint density at radius 1 is 0.879 bits per heavy atom. The predicted octanol–water partition coefficient (Wildman–Crippen LogP) is 1.66. The molecule has 1 unspecified atom stereocenters. The van der Waals surface area contributed by atoms with Crippen LogP contribution in [0.1, 0.15) is 38.2 Å². The van der Waals surface area contributed by atoms with Crippen LogP contribution in [-0.2, 0) is 0 Å². The van der Waals surface area contributed by atoms with Crippen LogP contribution in [0, 0.1) is 0 Å². The number of hydrogen-bond donors (Lipinski definition) is 6. The topological polar surface area (TPSA) is 194 Å². The van der Waals surface area contributed by atoms with Gasteiger partial charge in [-0.25, -0.2) is 9.97 Å². The van der Waals surface area contributed by atoms with Crippen LogP contribution in [0.25, 0.3) is 0 Å². The Labute approximate surface area is 195 Å². The van der Waals surface area contributed by atoms with Gasteiger partial charge < -0.3 is 32.5 Å². The number of carbonyl (C=O) groups excluding carboxylic acids is 2. The fourth-order valence-electron chi connectivity index (χ4n) is 2.98. The van der Waals surface area contributed by atoms with Gasteiger partial charge in [-0.05, 0) is 17.7 Å². The lowest BCUT2D eigenvalue weighted by Gasteiger charge is -2.18. The lowest BCUT2D eigenvalue weighted by molar-refractivity contribution is 0.0988. The molecule has 0 saturated heterocycles. The summed E-state index contributed by atoms with van der Waals surface area (Å²) in [6.45, 7) is 0.548. The second kappa shape index (κ2) is 11.9. The summed E-state index contributed by atoms with van der Waals surface area (Å²) in [6, 6.07) is 15.9. The van der Waals surface area contributed by atoms with Crippen LogP contribution in [0.5, 0.6) is 0 Å². The number of pyridine rings is 1. The Morgan fingerprint density at radius 3 is 2.06 bits per heavy atom. The number of aromatic nitrogens is 5. The van der Waals surface area contributed by atoms with Gasteiger partial charge in [-0.3, -0.25) is 14.6 Å².